The number of ether oxygens (including phenoxy) is 7. The van der Waals surface area contributed by atoms with Crippen LogP contribution in [-0.4, -0.2) is 166 Å². The van der Waals surface area contributed by atoms with Crippen LogP contribution < -0.4 is 70.1 Å². The Morgan fingerprint density at radius 1 is 0.657 bits per heavy atom. The van der Waals surface area contributed by atoms with Crippen LogP contribution in [-0.2, 0) is 46.7 Å². The average Bonchev–Trinajstić information content (AvgIpc) is 1.57. The van der Waals surface area contributed by atoms with Crippen molar-refractivity contribution in [3.63, 3.8) is 0 Å². The van der Waals surface area contributed by atoms with E-state index in [1.54, 1.807) is 79.2 Å². The highest BCUT2D eigenvalue weighted by Crippen LogP contribution is 2.57. The summed E-state index contributed by atoms with van der Waals surface area (Å²) in [7, 11) is 6.10. The van der Waals surface area contributed by atoms with Crippen LogP contribution in [0.25, 0.3) is 17.7 Å². The van der Waals surface area contributed by atoms with E-state index in [-0.39, 0.29) is 84.6 Å². The topological polar surface area (TPSA) is 324 Å². The summed E-state index contributed by atoms with van der Waals surface area (Å²) in [4.78, 5) is 129. The lowest BCUT2D eigenvalue weighted by Crippen LogP contribution is -2.55. The summed E-state index contributed by atoms with van der Waals surface area (Å²) >= 11 is 0. The Balaban J connectivity index is 0.608. The molecule has 1 saturated heterocycles. The second-order valence-corrected chi connectivity index (χ2v) is 27.2. The van der Waals surface area contributed by atoms with Gasteiger partial charge in [0.15, 0.2) is 40.7 Å². The van der Waals surface area contributed by atoms with Crippen molar-refractivity contribution in [3.05, 3.63) is 160 Å². The molecule has 5 atom stereocenters. The van der Waals surface area contributed by atoms with E-state index in [0.717, 1.165) is 45.6 Å². The van der Waals surface area contributed by atoms with Crippen LogP contribution in [0.15, 0.2) is 121 Å². The van der Waals surface area contributed by atoms with E-state index in [4.69, 9.17) is 33.2 Å². The zero-order chi connectivity index (χ0) is 74.2. The number of anilines is 4. The lowest BCUT2D eigenvalue weighted by atomic mass is 10.0. The van der Waals surface area contributed by atoms with Crippen molar-refractivity contribution >= 4 is 93.8 Å². The van der Waals surface area contributed by atoms with Crippen molar-refractivity contribution < 1.29 is 81.4 Å². The normalized spacial score (nSPS) is 18.0. The van der Waals surface area contributed by atoms with Gasteiger partial charge in [-0.15, -0.1) is 0 Å². The number of carbonyl (C=O) groups is 9. The predicted octanol–water partition coefficient (Wildman–Crippen LogP) is 8.03. The highest BCUT2D eigenvalue weighted by atomic mass is 16.6. The Bertz CT molecular complexity index is 4420. The molecule has 105 heavy (non-hydrogen) atoms. The second-order valence-electron chi connectivity index (χ2n) is 27.2. The molecule has 6 aromatic rings. The minimum Gasteiger partial charge on any atom is -0.493 e. The summed E-state index contributed by atoms with van der Waals surface area (Å²) in [6, 6.07) is 30.6. The lowest BCUT2D eigenvalue weighted by Gasteiger charge is -2.31. The van der Waals surface area contributed by atoms with E-state index in [9.17, 15) is 48.3 Å². The first kappa shape index (κ1) is 73.2. The largest absolute Gasteiger partial charge is 0.493 e. The maximum atomic E-state index is 14.5. The van der Waals surface area contributed by atoms with Gasteiger partial charge in [-0.25, -0.2) is 9.69 Å². The third-order valence-corrected chi connectivity index (χ3v) is 19.8. The molecule has 27 heteroatoms. The number of aliphatic hydroxyl groups excluding tert-OH is 1. The molecule has 7 N–H and O–H groups in total. The van der Waals surface area contributed by atoms with Crippen LogP contribution in [0, 0.1) is 11.3 Å². The monoisotopic (exact) mass is 1430 g/mol. The molecular weight excluding hydrogens is 1350 g/mol. The van der Waals surface area contributed by atoms with Crippen molar-refractivity contribution in [1.29, 1.82) is 0 Å². The molecule has 0 bridgehead atoms. The number of benzene rings is 6. The van der Waals surface area contributed by atoms with Crippen molar-refractivity contribution in [2.24, 2.45) is 11.3 Å². The third kappa shape index (κ3) is 16.4. The zero-order valence-corrected chi connectivity index (χ0v) is 59.5. The van der Waals surface area contributed by atoms with E-state index in [1.165, 1.54) is 33.3 Å². The van der Waals surface area contributed by atoms with E-state index >= 15 is 0 Å². The summed E-state index contributed by atoms with van der Waals surface area (Å²) in [5, 5.41) is 28.6. The maximum absolute atomic E-state index is 14.5. The van der Waals surface area contributed by atoms with Crippen molar-refractivity contribution in [3.8, 4) is 34.5 Å². The molecule has 5 heterocycles. The van der Waals surface area contributed by atoms with Gasteiger partial charge in [-0.2, -0.15) is 0 Å². The van der Waals surface area contributed by atoms with Crippen LogP contribution in [0.1, 0.15) is 114 Å². The Hall–Kier alpha value is -11.6. The summed E-state index contributed by atoms with van der Waals surface area (Å²) in [6.45, 7) is 5.04. The average molecular weight is 1440 g/mol. The molecule has 27 nitrogen and oxygen atoms in total. The van der Waals surface area contributed by atoms with Gasteiger partial charge in [0.25, 0.3) is 11.8 Å². The molecular formula is C78H86N10O17. The number of hydrogen-bond acceptors (Lipinski definition) is 18. The Morgan fingerprint density at radius 2 is 1.31 bits per heavy atom. The Labute approximate surface area is 607 Å². The number of carbonyl (C=O) groups excluding carboxylic acids is 9. The van der Waals surface area contributed by atoms with E-state index < -0.39 is 79.0 Å². The first-order chi connectivity index (χ1) is 50.6. The molecule has 3 unspecified atom stereocenters. The lowest BCUT2D eigenvalue weighted by molar-refractivity contribution is -0.132. The van der Waals surface area contributed by atoms with E-state index in [1.807, 2.05) is 85.1 Å². The van der Waals surface area contributed by atoms with Crippen molar-refractivity contribution in [2.75, 3.05) is 88.3 Å². The fourth-order valence-electron chi connectivity index (χ4n) is 13.8. The van der Waals surface area contributed by atoms with Gasteiger partial charge in [0.2, 0.25) is 35.4 Å². The Morgan fingerprint density at radius 3 is 2.03 bits per heavy atom. The quantitative estimate of drug-likeness (QED) is 0.0253. The fourth-order valence-corrected chi connectivity index (χ4v) is 13.8. The Kier molecular flexibility index (Phi) is 22.3. The molecule has 1 saturated carbocycles. The highest BCUT2D eigenvalue weighted by molar-refractivity contribution is 6.07. The van der Waals surface area contributed by atoms with Crippen LogP contribution in [0.3, 0.4) is 0 Å². The fraction of sp³-hybridized carbons (Fsp3) is 0.372. The number of hydrogen-bond donors (Lipinski definition) is 7. The number of para-hydroxylation sites is 1. The molecule has 6 aromatic carbocycles. The molecule has 2 fully saturated rings. The maximum Gasteiger partial charge on any atom is 0.416 e. The molecule has 550 valence electrons. The van der Waals surface area contributed by atoms with Gasteiger partial charge >= 0.3 is 6.09 Å². The first-order valence-electron chi connectivity index (χ1n) is 35.0. The molecule has 0 aromatic heterocycles. The van der Waals surface area contributed by atoms with Gasteiger partial charge in [0, 0.05) is 56.4 Å². The summed E-state index contributed by atoms with van der Waals surface area (Å²) in [6.07, 6.45) is 6.29. The van der Waals surface area contributed by atoms with Crippen molar-refractivity contribution in [1.82, 2.24) is 31.1 Å². The second kappa shape index (κ2) is 32.0. The van der Waals surface area contributed by atoms with Crippen LogP contribution >= 0.6 is 0 Å². The molecule has 9 amide bonds. The van der Waals surface area contributed by atoms with Gasteiger partial charge in [0.05, 0.1) is 102 Å². The van der Waals surface area contributed by atoms with E-state index in [2.05, 4.69) is 31.9 Å². The first-order valence-corrected chi connectivity index (χ1v) is 35.0. The molecule has 1 spiro atoms. The van der Waals surface area contributed by atoms with Crippen molar-refractivity contribution in [2.45, 2.75) is 109 Å². The van der Waals surface area contributed by atoms with Crippen LogP contribution in [0.5, 0.6) is 34.5 Å². The summed E-state index contributed by atoms with van der Waals surface area (Å²) in [5.41, 5.74) is 7.27. The zero-order valence-electron chi connectivity index (χ0n) is 59.5. The molecule has 6 aliphatic rings. The van der Waals surface area contributed by atoms with Crippen LogP contribution in [0.4, 0.5) is 27.5 Å². The van der Waals surface area contributed by atoms with Gasteiger partial charge in [-0.1, -0.05) is 86.7 Å². The molecule has 5 aliphatic heterocycles. The van der Waals surface area contributed by atoms with Gasteiger partial charge in [0.1, 0.15) is 18.7 Å². The predicted molar refractivity (Wildman–Crippen MR) is 390 cm³/mol. The summed E-state index contributed by atoms with van der Waals surface area (Å²) < 4.78 is 40.9. The van der Waals surface area contributed by atoms with Gasteiger partial charge in [-0.3, -0.25) is 38.4 Å². The number of amides is 9. The minimum atomic E-state index is -1.50. The van der Waals surface area contributed by atoms with Gasteiger partial charge < -0.3 is 84.9 Å². The third-order valence-electron chi connectivity index (χ3n) is 19.8. The molecule has 1 aliphatic carbocycles. The minimum absolute atomic E-state index is 0.0537. The highest BCUT2D eigenvalue weighted by Gasteiger charge is 2.58. The van der Waals surface area contributed by atoms with Crippen LogP contribution in [0.2, 0.25) is 0 Å². The van der Waals surface area contributed by atoms with Gasteiger partial charge in [-0.05, 0) is 120 Å². The number of nitrogens with one attached hydrogen (secondary N) is 6. The smallest absolute Gasteiger partial charge is 0.416 e. The molecule has 12 rings (SSSR count). The summed E-state index contributed by atoms with van der Waals surface area (Å²) in [5.74, 6) is -2.09. The standard InChI is InChI=1S/C78H86N10O17/c1-45(2)71(84-69(91)40-81-68(90)39-80-67(89)25-26-70(92)86-41-51-15-9-8-13-48(51)19-20-49-14-10-11-16-58(49)86)73(94)82-46(3)72(93)83-53-22-17-47(18-23-53)43-105-77(98)88-59-36-66(64(102-7)34-56(59)75(96)87-44-78(27-28-78)37-60(87)76(88)97)104-30-12-29-103-65-35-57-55(33-63(65)101-6)74(95)85-42-52(31-54(85)38-79-57)50-21-24-61(99-4)62(32-50)100-5/h8-11,13-24,32-36,42,45-46,54,60,71,76,79,97H,12,25-31,37-41,43-44H2,1-7H3,(H,80,89)(H,81,90)(H,82,94)(H,83,93)(H,84,91)/b20-19-/t46-,54?,60?,71-,76?/m0/s1. The number of fused-ring (bicyclic) bond motifs is 6. The number of methoxy groups -OCH3 is 4. The number of nitrogens with zero attached hydrogens (tertiary/aromatic N) is 4. The number of aliphatic hydroxyl groups is 1. The molecule has 0 radical (unpaired) electrons. The SMILES string of the molecule is COc1ccc(C2=CN3C(=O)c4cc(OC)c(OCCCOc5cc6c(cc5OC)C(=O)N5CC7(CC7)CC5C(O)N6C(=O)OCc5ccc(NC(=O)[C@H](C)NC(=O)[C@@H](NC(=O)CNC(=O)CNC(=O)CCC(=O)N6Cc7ccccc7/C=C\c7ccccc76)C(C)C)cc5)cc4NCC3C2)cc1OC. The van der Waals surface area contributed by atoms with E-state index in [0.29, 0.717) is 90.1 Å². The number of rotatable bonds is 26.